The van der Waals surface area contributed by atoms with Gasteiger partial charge in [-0.1, -0.05) is 30.3 Å². The zero-order valence-electron chi connectivity index (χ0n) is 16.7. The molecule has 0 unspecified atom stereocenters. The van der Waals surface area contributed by atoms with Crippen molar-refractivity contribution in [3.63, 3.8) is 0 Å². The van der Waals surface area contributed by atoms with E-state index in [1.807, 2.05) is 61.5 Å². The summed E-state index contributed by atoms with van der Waals surface area (Å²) in [4.78, 5) is 31.3. The third-order valence-electron chi connectivity index (χ3n) is 4.97. The number of anilines is 1. The summed E-state index contributed by atoms with van der Waals surface area (Å²) in [6.45, 7) is 2.61. The summed E-state index contributed by atoms with van der Waals surface area (Å²) in [5.74, 6) is 0.244. The van der Waals surface area contributed by atoms with Crippen molar-refractivity contribution in [3.05, 3.63) is 66.4 Å². The van der Waals surface area contributed by atoms with Crippen molar-refractivity contribution >= 4 is 45.9 Å². The molecule has 1 aliphatic rings. The van der Waals surface area contributed by atoms with Gasteiger partial charge >= 0.3 is 0 Å². The first-order chi connectivity index (χ1) is 14.6. The number of fused-ring (bicyclic) bond motifs is 1. The Morgan fingerprint density at radius 3 is 2.73 bits per heavy atom. The van der Waals surface area contributed by atoms with E-state index in [1.54, 1.807) is 11.1 Å². The number of benzene rings is 2. The van der Waals surface area contributed by atoms with Gasteiger partial charge in [0.05, 0.1) is 17.0 Å². The molecular formula is C23H22N4O2S. The number of pyridine rings is 1. The minimum Gasteiger partial charge on any atom is -0.312 e. The van der Waals surface area contributed by atoms with E-state index in [0.29, 0.717) is 12.1 Å². The van der Waals surface area contributed by atoms with E-state index < -0.39 is 0 Å². The largest absolute Gasteiger partial charge is 0.312 e. The predicted molar refractivity (Wildman–Crippen MR) is 121 cm³/mol. The molecular weight excluding hydrogens is 396 g/mol. The minimum absolute atomic E-state index is 0.166. The molecule has 2 aromatic carbocycles. The van der Waals surface area contributed by atoms with E-state index in [4.69, 9.17) is 0 Å². The van der Waals surface area contributed by atoms with E-state index in [9.17, 15) is 9.59 Å². The molecule has 3 aromatic rings. The van der Waals surface area contributed by atoms with E-state index >= 15 is 0 Å². The van der Waals surface area contributed by atoms with Crippen molar-refractivity contribution in [2.24, 2.45) is 5.10 Å². The Morgan fingerprint density at radius 1 is 1.17 bits per heavy atom. The summed E-state index contributed by atoms with van der Waals surface area (Å²) in [5.41, 5.74) is 6.03. The SMILES string of the molecule is C/C(=N/NC(=O)CSc1cccc2cccnc12)c1ccc(N2CCCC2=O)cc1. The summed E-state index contributed by atoms with van der Waals surface area (Å²) >= 11 is 1.44. The third-order valence-corrected chi connectivity index (χ3v) is 6.02. The van der Waals surface area contributed by atoms with Gasteiger partial charge in [0.2, 0.25) is 11.8 Å². The van der Waals surface area contributed by atoms with Crippen LogP contribution in [0.4, 0.5) is 5.69 Å². The highest BCUT2D eigenvalue weighted by atomic mass is 32.2. The highest BCUT2D eigenvalue weighted by Crippen LogP contribution is 2.26. The van der Waals surface area contributed by atoms with Gasteiger partial charge in [-0.2, -0.15) is 5.10 Å². The first kappa shape index (κ1) is 20.1. The highest BCUT2D eigenvalue weighted by Gasteiger charge is 2.21. The fourth-order valence-electron chi connectivity index (χ4n) is 3.38. The predicted octanol–water partition coefficient (Wildman–Crippen LogP) is 3.99. The number of hydrogen-bond donors (Lipinski definition) is 1. The maximum Gasteiger partial charge on any atom is 0.250 e. The average molecular weight is 419 g/mol. The fourth-order valence-corrected chi connectivity index (χ4v) is 4.22. The number of nitrogens with zero attached hydrogens (tertiary/aromatic N) is 3. The normalized spacial score (nSPS) is 14.4. The fraction of sp³-hybridized carbons (Fsp3) is 0.217. The Kier molecular flexibility index (Phi) is 6.09. The lowest BCUT2D eigenvalue weighted by Gasteiger charge is -2.15. The van der Waals surface area contributed by atoms with Crippen LogP contribution in [0.1, 0.15) is 25.3 Å². The number of amides is 2. The lowest BCUT2D eigenvalue weighted by molar-refractivity contribution is -0.118. The van der Waals surface area contributed by atoms with Crippen molar-refractivity contribution in [1.29, 1.82) is 0 Å². The maximum absolute atomic E-state index is 12.2. The van der Waals surface area contributed by atoms with Gasteiger partial charge in [0.25, 0.3) is 0 Å². The standard InChI is InChI=1S/C23H22N4O2S/c1-16(17-9-11-19(12-10-17)27-14-4-8-22(27)29)25-26-21(28)15-30-20-7-2-5-18-6-3-13-24-23(18)20/h2-3,5-7,9-13H,4,8,14-15H2,1H3,(H,26,28)/b25-16-. The summed E-state index contributed by atoms with van der Waals surface area (Å²) in [7, 11) is 0. The van der Waals surface area contributed by atoms with Crippen molar-refractivity contribution in [2.75, 3.05) is 17.2 Å². The Hall–Kier alpha value is -3.19. The number of aromatic nitrogens is 1. The molecule has 2 heterocycles. The van der Waals surface area contributed by atoms with Gasteiger partial charge in [0, 0.05) is 35.1 Å². The topological polar surface area (TPSA) is 74.7 Å². The lowest BCUT2D eigenvalue weighted by Crippen LogP contribution is -2.23. The van der Waals surface area contributed by atoms with Crippen LogP contribution < -0.4 is 10.3 Å². The smallest absolute Gasteiger partial charge is 0.250 e. The molecule has 1 aromatic heterocycles. The second-order valence-corrected chi connectivity index (χ2v) is 8.07. The van der Waals surface area contributed by atoms with Crippen molar-refractivity contribution < 1.29 is 9.59 Å². The number of nitrogens with one attached hydrogen (secondary N) is 1. The van der Waals surface area contributed by atoms with Crippen molar-refractivity contribution in [3.8, 4) is 0 Å². The van der Waals surface area contributed by atoms with Gasteiger partial charge in [0.15, 0.2) is 0 Å². The Bertz CT molecular complexity index is 1110. The molecule has 0 saturated carbocycles. The van der Waals surface area contributed by atoms with E-state index in [-0.39, 0.29) is 17.6 Å². The minimum atomic E-state index is -0.174. The molecule has 0 aliphatic carbocycles. The molecule has 30 heavy (non-hydrogen) atoms. The zero-order valence-corrected chi connectivity index (χ0v) is 17.5. The van der Waals surface area contributed by atoms with Gasteiger partial charge in [-0.25, -0.2) is 5.43 Å². The molecule has 1 saturated heterocycles. The quantitative estimate of drug-likeness (QED) is 0.373. The molecule has 0 bridgehead atoms. The molecule has 2 amide bonds. The second kappa shape index (κ2) is 9.09. The Balaban J connectivity index is 1.35. The van der Waals surface area contributed by atoms with Gasteiger partial charge in [-0.05, 0) is 43.2 Å². The van der Waals surface area contributed by atoms with Gasteiger partial charge in [0.1, 0.15) is 0 Å². The molecule has 1 N–H and O–H groups in total. The number of carbonyl (C=O) groups is 2. The maximum atomic E-state index is 12.2. The third kappa shape index (κ3) is 4.52. The van der Waals surface area contributed by atoms with Crippen LogP contribution in [0.5, 0.6) is 0 Å². The summed E-state index contributed by atoms with van der Waals surface area (Å²) < 4.78 is 0. The number of thioether (sulfide) groups is 1. The summed E-state index contributed by atoms with van der Waals surface area (Å²) in [6, 6.07) is 17.5. The van der Waals surface area contributed by atoms with Crippen LogP contribution in [-0.2, 0) is 9.59 Å². The van der Waals surface area contributed by atoms with Gasteiger partial charge < -0.3 is 4.90 Å². The molecule has 1 fully saturated rings. The first-order valence-corrected chi connectivity index (χ1v) is 10.8. The Morgan fingerprint density at radius 2 is 1.97 bits per heavy atom. The second-order valence-electron chi connectivity index (χ2n) is 7.05. The number of para-hydroxylation sites is 1. The molecule has 0 atom stereocenters. The Labute approximate surface area is 179 Å². The molecule has 7 heteroatoms. The monoisotopic (exact) mass is 418 g/mol. The highest BCUT2D eigenvalue weighted by molar-refractivity contribution is 8.00. The number of carbonyl (C=O) groups excluding carboxylic acids is 2. The average Bonchev–Trinajstić information content (AvgIpc) is 3.22. The lowest BCUT2D eigenvalue weighted by atomic mass is 10.1. The van der Waals surface area contributed by atoms with Gasteiger partial charge in [-0.15, -0.1) is 11.8 Å². The molecule has 152 valence electrons. The van der Waals surface area contributed by atoms with Crippen LogP contribution in [-0.4, -0.2) is 34.8 Å². The van der Waals surface area contributed by atoms with Crippen molar-refractivity contribution in [2.45, 2.75) is 24.7 Å². The number of rotatable bonds is 6. The van der Waals surface area contributed by atoms with Crippen LogP contribution in [0.15, 0.2) is 70.8 Å². The van der Waals surface area contributed by atoms with Gasteiger partial charge in [-0.3, -0.25) is 14.6 Å². The summed E-state index contributed by atoms with van der Waals surface area (Å²) in [5, 5.41) is 5.27. The molecule has 0 spiro atoms. The first-order valence-electron chi connectivity index (χ1n) is 9.82. The van der Waals surface area contributed by atoms with E-state index in [2.05, 4.69) is 15.5 Å². The van der Waals surface area contributed by atoms with Crippen LogP contribution in [0, 0.1) is 0 Å². The van der Waals surface area contributed by atoms with Crippen molar-refractivity contribution in [1.82, 2.24) is 10.4 Å². The van der Waals surface area contributed by atoms with Crippen LogP contribution in [0.25, 0.3) is 10.9 Å². The summed E-state index contributed by atoms with van der Waals surface area (Å²) in [6.07, 6.45) is 3.27. The zero-order chi connectivity index (χ0) is 20.9. The molecule has 0 radical (unpaired) electrons. The molecule has 6 nitrogen and oxygen atoms in total. The van der Waals surface area contributed by atoms with E-state index in [0.717, 1.165) is 40.0 Å². The van der Waals surface area contributed by atoms with Crippen LogP contribution >= 0.6 is 11.8 Å². The van der Waals surface area contributed by atoms with Crippen LogP contribution in [0.3, 0.4) is 0 Å². The molecule has 1 aliphatic heterocycles. The number of hydrogen-bond acceptors (Lipinski definition) is 5. The molecule has 4 rings (SSSR count). The van der Waals surface area contributed by atoms with E-state index in [1.165, 1.54) is 11.8 Å². The number of hydrazone groups is 1. The van der Waals surface area contributed by atoms with Crippen LogP contribution in [0.2, 0.25) is 0 Å².